The number of likely N-dealkylation sites (tertiary alicyclic amines) is 1. The molecule has 4 heteroatoms. The second-order valence-electron chi connectivity index (χ2n) is 4.26. The van der Waals surface area contributed by atoms with Gasteiger partial charge in [0.25, 0.3) is 0 Å². The molecule has 0 aromatic rings. The molecule has 2 nitrogen and oxygen atoms in total. The van der Waals surface area contributed by atoms with Crippen LogP contribution >= 0.6 is 22.6 Å². The number of hydrogen-bond acceptors (Lipinski definition) is 2. The molecule has 2 fully saturated rings. The van der Waals surface area contributed by atoms with Crippen LogP contribution in [0.25, 0.3) is 0 Å². The molecule has 0 saturated carbocycles. The predicted octanol–water partition coefficient (Wildman–Crippen LogP) is 1.62. The van der Waals surface area contributed by atoms with Crippen molar-refractivity contribution in [3.05, 3.63) is 0 Å². The highest BCUT2D eigenvalue weighted by atomic mass is 127. The molecule has 2 rings (SSSR count). The molecule has 2 atom stereocenters. The molecular formula is C9H15FINO. The molecular weight excluding hydrogens is 284 g/mol. The molecule has 2 aliphatic rings. The van der Waals surface area contributed by atoms with Crippen molar-refractivity contribution in [1.29, 1.82) is 0 Å². The van der Waals surface area contributed by atoms with Gasteiger partial charge in [-0.2, -0.15) is 0 Å². The summed E-state index contributed by atoms with van der Waals surface area (Å²) in [6.07, 6.45) is 0.309. The molecule has 0 radical (unpaired) electrons. The fraction of sp³-hybridized carbons (Fsp3) is 1.00. The van der Waals surface area contributed by atoms with E-state index in [4.69, 9.17) is 4.74 Å². The van der Waals surface area contributed by atoms with Gasteiger partial charge in [-0.25, -0.2) is 4.39 Å². The molecule has 2 aliphatic heterocycles. The first-order valence-corrected chi connectivity index (χ1v) is 5.97. The van der Waals surface area contributed by atoms with Crippen LogP contribution in [0, 0.1) is 0 Å². The summed E-state index contributed by atoms with van der Waals surface area (Å²) in [5, 5.41) is 0. The van der Waals surface area contributed by atoms with Crippen molar-refractivity contribution in [2.75, 3.05) is 26.3 Å². The highest BCUT2D eigenvalue weighted by Crippen LogP contribution is 2.30. The number of rotatable bonds is 1. The quantitative estimate of drug-likeness (QED) is 0.539. The second-order valence-corrected chi connectivity index (χ2v) is 5.86. The summed E-state index contributed by atoms with van der Waals surface area (Å²) in [5.74, 6) is 0. The van der Waals surface area contributed by atoms with E-state index in [1.165, 1.54) is 0 Å². The second kappa shape index (κ2) is 3.62. The van der Waals surface area contributed by atoms with E-state index in [0.29, 0.717) is 6.54 Å². The van der Waals surface area contributed by atoms with Gasteiger partial charge in [0, 0.05) is 17.0 Å². The Balaban J connectivity index is 1.94. The summed E-state index contributed by atoms with van der Waals surface area (Å²) in [6, 6.07) is 0. The van der Waals surface area contributed by atoms with E-state index in [1.807, 2.05) is 0 Å². The fourth-order valence-corrected chi connectivity index (χ4v) is 2.45. The van der Waals surface area contributed by atoms with E-state index in [-0.39, 0.29) is 9.46 Å². The molecule has 0 bridgehead atoms. The highest BCUT2D eigenvalue weighted by Gasteiger charge is 2.42. The maximum Gasteiger partial charge on any atom is 0.124 e. The van der Waals surface area contributed by atoms with Gasteiger partial charge in [0.2, 0.25) is 0 Å². The van der Waals surface area contributed by atoms with Crippen LogP contribution in [-0.2, 0) is 4.74 Å². The van der Waals surface area contributed by atoms with Gasteiger partial charge in [0.15, 0.2) is 0 Å². The van der Waals surface area contributed by atoms with Gasteiger partial charge in [-0.1, -0.05) is 22.6 Å². The lowest BCUT2D eigenvalue weighted by Gasteiger charge is -2.50. The fourth-order valence-electron chi connectivity index (χ4n) is 1.95. The third-order valence-electron chi connectivity index (χ3n) is 3.05. The van der Waals surface area contributed by atoms with Crippen molar-refractivity contribution in [3.63, 3.8) is 0 Å². The number of hydrogen-bond donors (Lipinski definition) is 0. The zero-order chi connectivity index (χ0) is 9.47. The Hall–Kier alpha value is 0.580. The van der Waals surface area contributed by atoms with E-state index >= 15 is 0 Å². The SMILES string of the molecule is CC1(N2CCC(I)[C@@H](F)C2)COC1. The average Bonchev–Trinajstić information content (AvgIpc) is 2.06. The molecule has 0 aliphatic carbocycles. The van der Waals surface area contributed by atoms with Crippen molar-refractivity contribution < 1.29 is 9.13 Å². The van der Waals surface area contributed by atoms with Crippen LogP contribution in [0.3, 0.4) is 0 Å². The smallest absolute Gasteiger partial charge is 0.124 e. The van der Waals surface area contributed by atoms with Gasteiger partial charge < -0.3 is 4.74 Å². The molecule has 76 valence electrons. The molecule has 1 unspecified atom stereocenters. The van der Waals surface area contributed by atoms with Gasteiger partial charge in [-0.05, 0) is 13.3 Å². The van der Waals surface area contributed by atoms with Crippen LogP contribution in [0.15, 0.2) is 0 Å². The maximum atomic E-state index is 13.4. The molecule has 0 amide bonds. The first-order chi connectivity index (χ1) is 6.12. The van der Waals surface area contributed by atoms with E-state index in [1.54, 1.807) is 0 Å². The zero-order valence-corrected chi connectivity index (χ0v) is 9.96. The minimum Gasteiger partial charge on any atom is -0.377 e. The van der Waals surface area contributed by atoms with Gasteiger partial charge in [-0.15, -0.1) is 0 Å². The van der Waals surface area contributed by atoms with E-state index < -0.39 is 6.17 Å². The summed E-state index contributed by atoms with van der Waals surface area (Å²) in [6.45, 7) is 5.31. The van der Waals surface area contributed by atoms with Crippen molar-refractivity contribution in [1.82, 2.24) is 4.90 Å². The standard InChI is InChI=1S/C9H15FINO/c1-9(5-13-6-9)12-3-2-8(11)7(10)4-12/h7-8H,2-6H2,1H3/t7-,8?/m0/s1. The van der Waals surface area contributed by atoms with Crippen molar-refractivity contribution in [2.45, 2.75) is 29.0 Å². The third kappa shape index (κ3) is 1.85. The third-order valence-corrected chi connectivity index (χ3v) is 4.45. The summed E-state index contributed by atoms with van der Waals surface area (Å²) in [4.78, 5) is 2.25. The number of ether oxygens (including phenoxy) is 1. The maximum absolute atomic E-state index is 13.4. The highest BCUT2D eigenvalue weighted by molar-refractivity contribution is 14.1. The molecule has 2 saturated heterocycles. The number of piperidine rings is 1. The number of alkyl halides is 2. The predicted molar refractivity (Wildman–Crippen MR) is 58.1 cm³/mol. The van der Waals surface area contributed by atoms with Crippen LogP contribution in [0.5, 0.6) is 0 Å². The minimum absolute atomic E-state index is 0.126. The topological polar surface area (TPSA) is 12.5 Å². The van der Waals surface area contributed by atoms with Crippen LogP contribution in [-0.4, -0.2) is 46.8 Å². The Labute approximate surface area is 91.9 Å². The summed E-state index contributed by atoms with van der Waals surface area (Å²) < 4.78 is 18.8. The Kier molecular flexibility index (Phi) is 2.82. The molecule has 0 aromatic carbocycles. The Morgan fingerprint density at radius 2 is 2.23 bits per heavy atom. The first-order valence-electron chi connectivity index (χ1n) is 4.73. The normalized spacial score (nSPS) is 39.9. The van der Waals surface area contributed by atoms with Crippen molar-refractivity contribution >= 4 is 22.6 Å². The number of nitrogens with zero attached hydrogens (tertiary/aromatic N) is 1. The van der Waals surface area contributed by atoms with Gasteiger partial charge >= 0.3 is 0 Å². The lowest BCUT2D eigenvalue weighted by atomic mass is 9.94. The van der Waals surface area contributed by atoms with Gasteiger partial charge in [-0.3, -0.25) is 4.90 Å². The molecule has 13 heavy (non-hydrogen) atoms. The van der Waals surface area contributed by atoms with E-state index in [0.717, 1.165) is 26.2 Å². The Bertz CT molecular complexity index is 198. The van der Waals surface area contributed by atoms with E-state index in [2.05, 4.69) is 34.4 Å². The first kappa shape index (κ1) is 10.1. The average molecular weight is 299 g/mol. The lowest BCUT2D eigenvalue weighted by Crippen LogP contribution is -2.63. The van der Waals surface area contributed by atoms with Crippen LogP contribution in [0.4, 0.5) is 4.39 Å². The van der Waals surface area contributed by atoms with Crippen molar-refractivity contribution in [2.24, 2.45) is 0 Å². The summed E-state index contributed by atoms with van der Waals surface area (Å²) >= 11 is 2.22. The van der Waals surface area contributed by atoms with Crippen LogP contribution in [0.1, 0.15) is 13.3 Å². The van der Waals surface area contributed by atoms with Crippen LogP contribution < -0.4 is 0 Å². The zero-order valence-electron chi connectivity index (χ0n) is 7.80. The van der Waals surface area contributed by atoms with E-state index in [9.17, 15) is 4.39 Å². The minimum atomic E-state index is -0.660. The number of halogens is 2. The summed E-state index contributed by atoms with van der Waals surface area (Å²) in [7, 11) is 0. The largest absolute Gasteiger partial charge is 0.377 e. The van der Waals surface area contributed by atoms with Gasteiger partial charge in [0.1, 0.15) is 6.17 Å². The van der Waals surface area contributed by atoms with Crippen LogP contribution in [0.2, 0.25) is 0 Å². The lowest BCUT2D eigenvalue weighted by molar-refractivity contribution is -0.140. The van der Waals surface area contributed by atoms with Crippen molar-refractivity contribution in [3.8, 4) is 0 Å². The summed E-state index contributed by atoms with van der Waals surface area (Å²) in [5.41, 5.74) is 0.126. The Morgan fingerprint density at radius 3 is 2.69 bits per heavy atom. The molecule has 2 heterocycles. The molecule has 0 N–H and O–H groups in total. The molecule has 0 spiro atoms. The Morgan fingerprint density at radius 1 is 1.54 bits per heavy atom. The monoisotopic (exact) mass is 299 g/mol. The molecule has 0 aromatic heterocycles. The van der Waals surface area contributed by atoms with Gasteiger partial charge in [0.05, 0.1) is 18.8 Å².